The lowest BCUT2D eigenvalue weighted by atomic mass is 10.00. The van der Waals surface area contributed by atoms with Crippen LogP contribution in [0.15, 0.2) is 0 Å². The van der Waals surface area contributed by atoms with Gasteiger partial charge in [0.2, 0.25) is 11.6 Å². The van der Waals surface area contributed by atoms with E-state index < -0.39 is 29.2 Å². The molecule has 4 aliphatic rings. The Hall–Kier alpha value is -0.200. The highest BCUT2D eigenvalue weighted by Crippen LogP contribution is 2.61. The van der Waals surface area contributed by atoms with E-state index in [1.807, 2.05) is 27.7 Å². The van der Waals surface area contributed by atoms with Gasteiger partial charge in [-0.2, -0.15) is 0 Å². The van der Waals surface area contributed by atoms with Crippen molar-refractivity contribution in [2.45, 2.75) is 56.9 Å². The Bertz CT molecular complexity index is 274. The number of ether oxygens (including phenoxy) is 4. The molecule has 0 radical (unpaired) electrons. The van der Waals surface area contributed by atoms with Crippen LogP contribution in [0.5, 0.6) is 0 Å². The molecule has 0 spiro atoms. The second-order valence-corrected chi connectivity index (χ2v) is 4.81. The Morgan fingerprint density at radius 1 is 0.786 bits per heavy atom. The van der Waals surface area contributed by atoms with Crippen molar-refractivity contribution in [1.29, 1.82) is 0 Å². The minimum Gasteiger partial charge on any atom is -0.319 e. The Kier molecular flexibility index (Phi) is 1.22. The second-order valence-electron chi connectivity index (χ2n) is 4.81. The van der Waals surface area contributed by atoms with Crippen molar-refractivity contribution in [3.05, 3.63) is 0 Å². The monoisotopic (exact) mass is 201 g/mol. The van der Waals surface area contributed by atoms with Gasteiger partial charge in [0, 0.05) is 0 Å². The van der Waals surface area contributed by atoms with E-state index in [0.717, 1.165) is 0 Å². The summed E-state index contributed by atoms with van der Waals surface area (Å²) in [5.74, 6) is -3.33. The van der Waals surface area contributed by atoms with Crippen LogP contribution < -0.4 is 5.73 Å². The van der Waals surface area contributed by atoms with Gasteiger partial charge in [0.25, 0.3) is 0 Å². The normalized spacial score (nSPS) is 70.5. The summed E-state index contributed by atoms with van der Waals surface area (Å²) in [7, 11) is 0. The van der Waals surface area contributed by atoms with Crippen LogP contribution >= 0.6 is 0 Å². The molecule has 4 heterocycles. The maximum atomic E-state index is 5.98. The molecule has 4 rings (SSSR count). The molecular weight excluding hydrogens is 186 g/mol. The highest BCUT2D eigenvalue weighted by Gasteiger charge is 2.80. The molecule has 0 aromatic rings. The van der Waals surface area contributed by atoms with E-state index in [-0.39, 0.29) is 0 Å². The summed E-state index contributed by atoms with van der Waals surface area (Å²) < 4.78 is 22.8. The van der Waals surface area contributed by atoms with E-state index >= 15 is 0 Å². The van der Waals surface area contributed by atoms with Gasteiger partial charge in [0.1, 0.15) is 6.04 Å². The summed E-state index contributed by atoms with van der Waals surface area (Å²) in [5, 5.41) is 0. The van der Waals surface area contributed by atoms with Crippen molar-refractivity contribution in [2.24, 2.45) is 5.73 Å². The van der Waals surface area contributed by atoms with Crippen LogP contribution in [0.3, 0.4) is 0 Å². The maximum absolute atomic E-state index is 5.98. The molecule has 0 amide bonds. The van der Waals surface area contributed by atoms with Gasteiger partial charge in [-0.25, -0.2) is 0 Å². The summed E-state index contributed by atoms with van der Waals surface area (Å²) in [4.78, 5) is 0. The number of nitrogens with two attached hydrogens (primary N) is 1. The van der Waals surface area contributed by atoms with E-state index in [2.05, 4.69) is 0 Å². The minimum absolute atomic E-state index is 0.446. The van der Waals surface area contributed by atoms with Crippen LogP contribution in [0.1, 0.15) is 27.7 Å². The lowest BCUT2D eigenvalue weighted by Gasteiger charge is -2.46. The SMILES string of the molecule is CC12OC3(C)OC(C)(OC3(C)O1)C2N. The van der Waals surface area contributed by atoms with Gasteiger partial charge in [-0.15, -0.1) is 0 Å². The zero-order valence-electron chi connectivity index (χ0n) is 8.79. The lowest BCUT2D eigenvalue weighted by Crippen LogP contribution is -2.66. The average Bonchev–Trinajstić information content (AvgIpc) is 2.22. The third-order valence-electron chi connectivity index (χ3n) is 3.54. The molecule has 0 saturated carbocycles. The van der Waals surface area contributed by atoms with E-state index in [0.29, 0.717) is 0 Å². The van der Waals surface area contributed by atoms with Crippen LogP contribution in [0.25, 0.3) is 0 Å². The van der Waals surface area contributed by atoms with Crippen molar-refractivity contribution in [2.75, 3.05) is 0 Å². The predicted molar refractivity (Wildman–Crippen MR) is 45.9 cm³/mol. The van der Waals surface area contributed by atoms with Crippen molar-refractivity contribution < 1.29 is 18.9 Å². The largest absolute Gasteiger partial charge is 0.319 e. The van der Waals surface area contributed by atoms with E-state index in [1.165, 1.54) is 0 Å². The first-order valence-corrected chi connectivity index (χ1v) is 4.79. The first-order chi connectivity index (χ1) is 6.23. The standard InChI is InChI=1S/C9H15NO4/c1-6-5(10)7(2)13-8(3,11-6)9(4,12-6)14-7/h5H,10H2,1-4H3. The molecule has 4 saturated heterocycles. The van der Waals surface area contributed by atoms with Gasteiger partial charge >= 0.3 is 0 Å². The maximum Gasteiger partial charge on any atom is 0.225 e. The number of hydrogen-bond acceptors (Lipinski definition) is 5. The highest BCUT2D eigenvalue weighted by molar-refractivity contribution is 5.11. The van der Waals surface area contributed by atoms with Gasteiger partial charge < -0.3 is 24.7 Å². The molecule has 4 aliphatic heterocycles. The topological polar surface area (TPSA) is 62.9 Å². The quantitative estimate of drug-likeness (QED) is 0.610. The molecule has 0 atom stereocenters. The summed E-state index contributed by atoms with van der Waals surface area (Å²) in [5.41, 5.74) is 5.98. The van der Waals surface area contributed by atoms with Gasteiger partial charge in [-0.05, 0) is 27.7 Å². The van der Waals surface area contributed by atoms with Gasteiger partial charge in [-0.3, -0.25) is 0 Å². The summed E-state index contributed by atoms with van der Waals surface area (Å²) in [6.07, 6.45) is 0. The Labute approximate surface area is 82.4 Å². The highest BCUT2D eigenvalue weighted by atomic mass is 17.0. The predicted octanol–water partition coefficient (Wildman–Crippen LogP) is 0.286. The molecule has 0 unspecified atom stereocenters. The van der Waals surface area contributed by atoms with Crippen molar-refractivity contribution in [1.82, 2.24) is 0 Å². The molecular formula is C9H15NO4. The molecule has 5 heteroatoms. The lowest BCUT2D eigenvalue weighted by molar-refractivity contribution is -0.405. The molecule has 4 fully saturated rings. The molecule has 80 valence electrons. The molecule has 2 N–H and O–H groups in total. The van der Waals surface area contributed by atoms with Gasteiger partial charge in [0.05, 0.1) is 0 Å². The summed E-state index contributed by atoms with van der Waals surface area (Å²) in [6.45, 7) is 7.28. The van der Waals surface area contributed by atoms with E-state index in [9.17, 15) is 0 Å². The van der Waals surface area contributed by atoms with Crippen LogP contribution in [-0.2, 0) is 18.9 Å². The molecule has 0 aromatic heterocycles. The molecule has 5 nitrogen and oxygen atoms in total. The summed E-state index contributed by atoms with van der Waals surface area (Å²) >= 11 is 0. The van der Waals surface area contributed by atoms with Crippen LogP contribution in [-0.4, -0.2) is 29.2 Å². The third kappa shape index (κ3) is 0.686. The van der Waals surface area contributed by atoms with Crippen molar-refractivity contribution >= 4 is 0 Å². The molecule has 4 bridgehead atoms. The fraction of sp³-hybridized carbons (Fsp3) is 1.00. The summed E-state index contributed by atoms with van der Waals surface area (Å²) in [6, 6.07) is -0.446. The number of hydrogen-bond donors (Lipinski definition) is 1. The van der Waals surface area contributed by atoms with E-state index in [1.54, 1.807) is 0 Å². The fourth-order valence-electron chi connectivity index (χ4n) is 2.73. The second kappa shape index (κ2) is 1.88. The Balaban J connectivity index is 2.17. The van der Waals surface area contributed by atoms with Crippen LogP contribution in [0, 0.1) is 0 Å². The zero-order chi connectivity index (χ0) is 10.4. The van der Waals surface area contributed by atoms with Crippen LogP contribution in [0.2, 0.25) is 0 Å². The number of rotatable bonds is 0. The first kappa shape index (κ1) is 9.06. The Morgan fingerprint density at radius 2 is 1.07 bits per heavy atom. The van der Waals surface area contributed by atoms with Crippen molar-refractivity contribution in [3.63, 3.8) is 0 Å². The Morgan fingerprint density at radius 3 is 1.36 bits per heavy atom. The average molecular weight is 201 g/mol. The van der Waals surface area contributed by atoms with E-state index in [4.69, 9.17) is 24.7 Å². The van der Waals surface area contributed by atoms with Crippen molar-refractivity contribution in [3.8, 4) is 0 Å². The van der Waals surface area contributed by atoms with Crippen LogP contribution in [0.4, 0.5) is 0 Å². The smallest absolute Gasteiger partial charge is 0.225 e. The first-order valence-electron chi connectivity index (χ1n) is 4.79. The minimum atomic E-state index is -0.855. The fourth-order valence-corrected chi connectivity index (χ4v) is 2.73. The third-order valence-corrected chi connectivity index (χ3v) is 3.54. The van der Waals surface area contributed by atoms with Gasteiger partial charge in [-0.1, -0.05) is 0 Å². The van der Waals surface area contributed by atoms with Gasteiger partial charge in [0.15, 0.2) is 11.6 Å². The molecule has 14 heavy (non-hydrogen) atoms. The molecule has 0 aromatic carbocycles. The molecule has 0 aliphatic carbocycles. The zero-order valence-corrected chi connectivity index (χ0v) is 8.79.